The highest BCUT2D eigenvalue weighted by atomic mass is 16.3. The van der Waals surface area contributed by atoms with Crippen molar-refractivity contribution in [2.45, 2.75) is 0 Å². The van der Waals surface area contributed by atoms with Crippen molar-refractivity contribution < 1.29 is 4.42 Å². The van der Waals surface area contributed by atoms with Crippen molar-refractivity contribution in [2.24, 2.45) is 0 Å². The van der Waals surface area contributed by atoms with Gasteiger partial charge in [-0.2, -0.15) is 0 Å². The van der Waals surface area contributed by atoms with Gasteiger partial charge in [-0.1, -0.05) is 164 Å². The van der Waals surface area contributed by atoms with Gasteiger partial charge in [-0.05, 0) is 71.3 Å². The average Bonchev–Trinajstić information content (AvgIpc) is 3.84. The van der Waals surface area contributed by atoms with Crippen molar-refractivity contribution >= 4 is 60.8 Å². The number of benzene rings is 9. The predicted molar refractivity (Wildman–Crippen MR) is 239 cm³/mol. The molecule has 268 valence electrons. The lowest BCUT2D eigenvalue weighted by Gasteiger charge is -2.28. The number of para-hydroxylation sites is 6. The van der Waals surface area contributed by atoms with Crippen LogP contribution in [0.5, 0.6) is 0 Å². The fourth-order valence-corrected chi connectivity index (χ4v) is 8.60. The van der Waals surface area contributed by atoms with E-state index < -0.39 is 0 Å². The summed E-state index contributed by atoms with van der Waals surface area (Å²) < 4.78 is 8.99. The minimum absolute atomic E-state index is 0.891. The standard InChI is InChI=1S/C54H36N2O/c1-2-15-37(16-3-1)38-29-33-40(34-30-38)55(50-25-10-7-20-45(50)47-22-14-23-48-46-21-8-13-28-53(46)57-54(47)48)41-35-31-39(32-36-41)42-17-4-9-24-49(42)56-51-26-11-5-18-43(51)44-19-6-12-27-52(44)56/h1-36H. The molecule has 9 aromatic carbocycles. The van der Waals surface area contributed by atoms with Gasteiger partial charge in [0.2, 0.25) is 0 Å². The molecule has 11 aromatic rings. The Labute approximate surface area is 330 Å². The first-order valence-electron chi connectivity index (χ1n) is 19.4. The number of rotatable bonds is 7. The molecular weight excluding hydrogens is 693 g/mol. The van der Waals surface area contributed by atoms with E-state index in [1.165, 1.54) is 38.5 Å². The van der Waals surface area contributed by atoms with Crippen molar-refractivity contribution in [3.05, 3.63) is 218 Å². The fraction of sp³-hybridized carbons (Fsp3) is 0. The maximum Gasteiger partial charge on any atom is 0.143 e. The van der Waals surface area contributed by atoms with Crippen LogP contribution in [0.25, 0.3) is 82.8 Å². The highest BCUT2D eigenvalue weighted by Gasteiger charge is 2.21. The Morgan fingerprint density at radius 1 is 0.333 bits per heavy atom. The van der Waals surface area contributed by atoms with Gasteiger partial charge in [-0.25, -0.2) is 0 Å². The number of furan rings is 1. The maximum atomic E-state index is 6.59. The molecule has 0 fully saturated rings. The Balaban J connectivity index is 1.07. The topological polar surface area (TPSA) is 21.3 Å². The quantitative estimate of drug-likeness (QED) is 0.163. The fourth-order valence-electron chi connectivity index (χ4n) is 8.60. The molecule has 0 amide bonds. The summed E-state index contributed by atoms with van der Waals surface area (Å²) in [6.45, 7) is 0. The first-order valence-corrected chi connectivity index (χ1v) is 19.4. The van der Waals surface area contributed by atoms with Crippen molar-refractivity contribution in [3.8, 4) is 39.1 Å². The summed E-state index contributed by atoms with van der Waals surface area (Å²) >= 11 is 0. The van der Waals surface area contributed by atoms with E-state index in [2.05, 4.69) is 216 Å². The third-order valence-electron chi connectivity index (χ3n) is 11.2. The minimum atomic E-state index is 0.891. The van der Waals surface area contributed by atoms with Crippen LogP contribution < -0.4 is 4.90 Å². The van der Waals surface area contributed by atoms with Crippen LogP contribution in [0.3, 0.4) is 0 Å². The summed E-state index contributed by atoms with van der Waals surface area (Å²) in [7, 11) is 0. The van der Waals surface area contributed by atoms with Gasteiger partial charge in [0.1, 0.15) is 11.2 Å². The van der Waals surface area contributed by atoms with Crippen LogP contribution in [0.1, 0.15) is 0 Å². The molecule has 2 aromatic heterocycles. The van der Waals surface area contributed by atoms with Crippen LogP contribution in [-0.2, 0) is 0 Å². The lowest BCUT2D eigenvalue weighted by Crippen LogP contribution is -2.11. The number of anilines is 3. The zero-order valence-electron chi connectivity index (χ0n) is 31.1. The molecule has 3 nitrogen and oxygen atoms in total. The summed E-state index contributed by atoms with van der Waals surface area (Å²) in [5, 5.41) is 4.74. The molecule has 0 N–H and O–H groups in total. The number of aromatic nitrogens is 1. The summed E-state index contributed by atoms with van der Waals surface area (Å²) in [5.74, 6) is 0. The Morgan fingerprint density at radius 3 is 1.56 bits per heavy atom. The zero-order chi connectivity index (χ0) is 37.7. The van der Waals surface area contributed by atoms with E-state index >= 15 is 0 Å². The highest BCUT2D eigenvalue weighted by Crippen LogP contribution is 2.45. The molecule has 0 bridgehead atoms. The van der Waals surface area contributed by atoms with Gasteiger partial charge >= 0.3 is 0 Å². The van der Waals surface area contributed by atoms with Crippen LogP contribution in [0.2, 0.25) is 0 Å². The summed E-state index contributed by atoms with van der Waals surface area (Å²) in [6, 6.07) is 78.0. The van der Waals surface area contributed by atoms with E-state index in [0.29, 0.717) is 0 Å². The zero-order valence-corrected chi connectivity index (χ0v) is 31.1. The monoisotopic (exact) mass is 728 g/mol. The van der Waals surface area contributed by atoms with Crippen molar-refractivity contribution in [2.75, 3.05) is 4.90 Å². The van der Waals surface area contributed by atoms with E-state index in [1.807, 2.05) is 12.1 Å². The first-order chi connectivity index (χ1) is 28.3. The second-order valence-electron chi connectivity index (χ2n) is 14.5. The normalized spacial score (nSPS) is 11.5. The Hall–Kier alpha value is -7.62. The van der Waals surface area contributed by atoms with Gasteiger partial charge in [0.25, 0.3) is 0 Å². The molecule has 0 atom stereocenters. The van der Waals surface area contributed by atoms with Gasteiger partial charge in [0, 0.05) is 49.6 Å². The maximum absolute atomic E-state index is 6.59. The van der Waals surface area contributed by atoms with E-state index in [4.69, 9.17) is 4.42 Å². The van der Waals surface area contributed by atoms with Crippen LogP contribution in [-0.4, -0.2) is 4.57 Å². The molecule has 0 aliphatic carbocycles. The molecule has 0 aliphatic heterocycles. The lowest BCUT2D eigenvalue weighted by molar-refractivity contribution is 0.670. The van der Waals surface area contributed by atoms with Crippen molar-refractivity contribution in [1.29, 1.82) is 0 Å². The molecule has 57 heavy (non-hydrogen) atoms. The molecule has 0 saturated carbocycles. The van der Waals surface area contributed by atoms with Crippen molar-refractivity contribution in [3.63, 3.8) is 0 Å². The lowest BCUT2D eigenvalue weighted by atomic mass is 9.98. The summed E-state index contributed by atoms with van der Waals surface area (Å²) in [4.78, 5) is 2.37. The van der Waals surface area contributed by atoms with E-state index in [9.17, 15) is 0 Å². The van der Waals surface area contributed by atoms with Crippen LogP contribution >= 0.6 is 0 Å². The predicted octanol–water partition coefficient (Wildman–Crippen LogP) is 15.2. The number of hydrogen-bond acceptors (Lipinski definition) is 2. The molecule has 0 unspecified atom stereocenters. The molecule has 0 aliphatic rings. The van der Waals surface area contributed by atoms with Gasteiger partial charge in [0.05, 0.1) is 22.4 Å². The third kappa shape index (κ3) is 5.51. The van der Waals surface area contributed by atoms with Crippen LogP contribution in [0.4, 0.5) is 17.1 Å². The van der Waals surface area contributed by atoms with E-state index in [-0.39, 0.29) is 0 Å². The minimum Gasteiger partial charge on any atom is -0.455 e. The van der Waals surface area contributed by atoms with Gasteiger partial charge < -0.3 is 13.9 Å². The molecule has 0 radical (unpaired) electrons. The Bertz CT molecular complexity index is 3170. The third-order valence-corrected chi connectivity index (χ3v) is 11.2. The SMILES string of the molecule is c1ccc(-c2ccc(N(c3ccc(-c4ccccc4-n4c5ccccc5c5ccccc54)cc3)c3ccccc3-c3cccc4c3oc3ccccc34)cc2)cc1. The molecule has 3 heteroatoms. The molecule has 0 saturated heterocycles. The first kappa shape index (κ1) is 32.8. The molecule has 2 heterocycles. The van der Waals surface area contributed by atoms with Crippen molar-refractivity contribution in [1.82, 2.24) is 4.57 Å². The van der Waals surface area contributed by atoms with E-state index in [1.54, 1.807) is 0 Å². The van der Waals surface area contributed by atoms with Gasteiger partial charge in [-0.3, -0.25) is 0 Å². The smallest absolute Gasteiger partial charge is 0.143 e. The Morgan fingerprint density at radius 2 is 0.842 bits per heavy atom. The summed E-state index contributed by atoms with van der Waals surface area (Å²) in [6.07, 6.45) is 0. The Kier molecular flexibility index (Phi) is 7.82. The number of nitrogens with zero attached hydrogens (tertiary/aromatic N) is 2. The largest absolute Gasteiger partial charge is 0.455 e. The van der Waals surface area contributed by atoms with Crippen LogP contribution in [0.15, 0.2) is 223 Å². The average molecular weight is 729 g/mol. The molecular formula is C54H36N2O. The second-order valence-corrected chi connectivity index (χ2v) is 14.5. The number of hydrogen-bond donors (Lipinski definition) is 0. The van der Waals surface area contributed by atoms with Gasteiger partial charge in [-0.15, -0.1) is 0 Å². The van der Waals surface area contributed by atoms with Gasteiger partial charge in [0.15, 0.2) is 0 Å². The number of fused-ring (bicyclic) bond motifs is 6. The molecule has 0 spiro atoms. The highest BCUT2D eigenvalue weighted by molar-refractivity contribution is 6.11. The molecule has 11 rings (SSSR count). The van der Waals surface area contributed by atoms with Crippen LogP contribution in [0, 0.1) is 0 Å². The van der Waals surface area contributed by atoms with E-state index in [0.717, 1.165) is 61.4 Å². The summed E-state index contributed by atoms with van der Waals surface area (Å²) in [5.41, 5.74) is 15.4. The second kappa shape index (κ2) is 13.6.